The van der Waals surface area contributed by atoms with E-state index in [-0.39, 0.29) is 5.82 Å². The Kier molecular flexibility index (Phi) is 4.74. The van der Waals surface area contributed by atoms with Crippen LogP contribution in [0, 0.1) is 12.7 Å². The molecule has 2 aromatic heterocycles. The minimum Gasteiger partial charge on any atom is -0.338 e. The zero-order chi connectivity index (χ0) is 19.7. The van der Waals surface area contributed by atoms with E-state index in [1.54, 1.807) is 24.5 Å². The number of anilines is 4. The third kappa shape index (κ3) is 3.70. The molecule has 28 heavy (non-hydrogen) atoms. The third-order valence-corrected chi connectivity index (χ3v) is 4.99. The molecule has 0 aliphatic rings. The minimum atomic E-state index is -1.16. The van der Waals surface area contributed by atoms with Crippen molar-refractivity contribution in [2.24, 2.45) is 0 Å². The zero-order valence-corrected chi connectivity index (χ0v) is 16.0. The molecule has 3 N–H and O–H groups in total. The Balaban J connectivity index is 1.76. The van der Waals surface area contributed by atoms with Gasteiger partial charge >= 0.3 is 0 Å². The van der Waals surface area contributed by atoms with Crippen LogP contribution >= 0.6 is 0 Å². The summed E-state index contributed by atoms with van der Waals surface area (Å²) >= 11 is 0. The highest BCUT2D eigenvalue weighted by Gasteiger charge is 2.14. The highest BCUT2D eigenvalue weighted by molar-refractivity contribution is 7.84. The predicted molar refractivity (Wildman–Crippen MR) is 108 cm³/mol. The molecule has 0 saturated heterocycles. The maximum Gasteiger partial charge on any atom is 0.231 e. The SMILES string of the molecule is Cc1nc2nc(Nc3ccc(F)cc3)nc(Nc3ccccc3S(C)=O)c2[nH]1. The number of nitrogens with zero attached hydrogens (tertiary/aromatic N) is 3. The van der Waals surface area contributed by atoms with E-state index >= 15 is 0 Å². The molecular formula is C19H17FN6OS. The first-order valence-corrected chi connectivity index (χ1v) is 10.0. The molecule has 0 amide bonds. The van der Waals surface area contributed by atoms with Gasteiger partial charge in [0.25, 0.3) is 0 Å². The lowest BCUT2D eigenvalue weighted by Gasteiger charge is -2.12. The standard InChI is InChI=1S/C19H17FN6OS/c1-11-21-16-17(22-11)25-19(23-13-9-7-12(20)8-10-13)26-18(16)24-14-5-3-4-6-15(14)28(2)27/h3-10H,1-2H3,(H3,21,22,23,24,25,26). The smallest absolute Gasteiger partial charge is 0.231 e. The molecule has 142 valence electrons. The molecule has 0 fully saturated rings. The van der Waals surface area contributed by atoms with Gasteiger partial charge in [0.05, 0.1) is 21.4 Å². The lowest BCUT2D eigenvalue weighted by Crippen LogP contribution is -2.04. The van der Waals surface area contributed by atoms with Gasteiger partial charge in [-0.3, -0.25) is 4.21 Å². The van der Waals surface area contributed by atoms with Crippen molar-refractivity contribution >= 4 is 45.1 Å². The lowest BCUT2D eigenvalue weighted by molar-refractivity contribution is 0.628. The summed E-state index contributed by atoms with van der Waals surface area (Å²) in [5, 5.41) is 6.28. The van der Waals surface area contributed by atoms with Crippen molar-refractivity contribution in [3.63, 3.8) is 0 Å². The van der Waals surface area contributed by atoms with Crippen LogP contribution in [-0.4, -0.2) is 30.4 Å². The number of hydrogen-bond acceptors (Lipinski definition) is 6. The van der Waals surface area contributed by atoms with E-state index in [2.05, 4.69) is 30.6 Å². The van der Waals surface area contributed by atoms with Gasteiger partial charge in [0.1, 0.15) is 17.2 Å². The summed E-state index contributed by atoms with van der Waals surface area (Å²) in [6.07, 6.45) is 1.62. The molecular weight excluding hydrogens is 379 g/mol. The Morgan fingerprint density at radius 2 is 1.75 bits per heavy atom. The number of aromatic amines is 1. The maximum atomic E-state index is 13.1. The average Bonchev–Trinajstić information content (AvgIpc) is 3.04. The van der Waals surface area contributed by atoms with Gasteiger partial charge in [-0.15, -0.1) is 0 Å². The lowest BCUT2D eigenvalue weighted by atomic mass is 10.3. The molecule has 2 heterocycles. The molecule has 1 atom stereocenters. The topological polar surface area (TPSA) is 95.6 Å². The number of nitrogens with one attached hydrogen (secondary N) is 3. The normalized spacial score (nSPS) is 12.1. The molecule has 4 rings (SSSR count). The van der Waals surface area contributed by atoms with Gasteiger partial charge < -0.3 is 15.6 Å². The minimum absolute atomic E-state index is 0.309. The van der Waals surface area contributed by atoms with E-state index < -0.39 is 10.8 Å². The van der Waals surface area contributed by atoms with Crippen LogP contribution < -0.4 is 10.6 Å². The van der Waals surface area contributed by atoms with E-state index in [9.17, 15) is 8.60 Å². The fourth-order valence-electron chi connectivity index (χ4n) is 2.77. The molecule has 9 heteroatoms. The first-order valence-electron chi connectivity index (χ1n) is 8.46. The van der Waals surface area contributed by atoms with Crippen molar-refractivity contribution < 1.29 is 8.60 Å². The van der Waals surface area contributed by atoms with Gasteiger partial charge in [0.2, 0.25) is 5.95 Å². The second kappa shape index (κ2) is 7.35. The Bertz CT molecular complexity index is 1170. The largest absolute Gasteiger partial charge is 0.338 e. The number of fused-ring (bicyclic) bond motifs is 1. The van der Waals surface area contributed by atoms with Crippen LogP contribution in [0.2, 0.25) is 0 Å². The number of aryl methyl sites for hydroxylation is 1. The third-order valence-electron chi connectivity index (χ3n) is 4.02. The molecule has 0 saturated carbocycles. The number of hydrogen-bond donors (Lipinski definition) is 3. The van der Waals surface area contributed by atoms with Gasteiger partial charge in [-0.25, -0.2) is 9.37 Å². The van der Waals surface area contributed by atoms with Gasteiger partial charge in [0.15, 0.2) is 11.5 Å². The van der Waals surface area contributed by atoms with E-state index in [1.165, 1.54) is 12.1 Å². The van der Waals surface area contributed by atoms with Crippen LogP contribution in [0.1, 0.15) is 5.82 Å². The van der Waals surface area contributed by atoms with E-state index in [0.29, 0.717) is 45.0 Å². The Morgan fingerprint density at radius 3 is 2.50 bits per heavy atom. The summed E-state index contributed by atoms with van der Waals surface area (Å²) in [7, 11) is -1.16. The summed E-state index contributed by atoms with van der Waals surface area (Å²) < 4.78 is 25.2. The van der Waals surface area contributed by atoms with Crippen molar-refractivity contribution in [3.8, 4) is 0 Å². The number of benzene rings is 2. The summed E-state index contributed by atoms with van der Waals surface area (Å²) in [4.78, 5) is 17.1. The Labute approximate surface area is 162 Å². The molecule has 1 unspecified atom stereocenters. The summed E-state index contributed by atoms with van der Waals surface area (Å²) in [6.45, 7) is 1.83. The fraction of sp³-hybridized carbons (Fsp3) is 0.105. The number of aromatic nitrogens is 4. The molecule has 0 aliphatic heterocycles. The van der Waals surface area contributed by atoms with Crippen molar-refractivity contribution in [1.82, 2.24) is 19.9 Å². The van der Waals surface area contributed by atoms with Crippen LogP contribution in [0.15, 0.2) is 53.4 Å². The van der Waals surface area contributed by atoms with E-state index in [0.717, 1.165) is 0 Å². The van der Waals surface area contributed by atoms with Gasteiger partial charge in [-0.1, -0.05) is 12.1 Å². The Morgan fingerprint density at radius 1 is 1.00 bits per heavy atom. The van der Waals surface area contributed by atoms with E-state index in [1.807, 2.05) is 25.1 Å². The van der Waals surface area contributed by atoms with Crippen molar-refractivity contribution in [2.75, 3.05) is 16.9 Å². The van der Waals surface area contributed by atoms with Crippen LogP contribution in [0.3, 0.4) is 0 Å². The van der Waals surface area contributed by atoms with Crippen LogP contribution in [0.4, 0.5) is 27.5 Å². The maximum absolute atomic E-state index is 13.1. The second-order valence-corrected chi connectivity index (χ2v) is 7.47. The molecule has 0 aliphatic carbocycles. The predicted octanol–water partition coefficient (Wildman–Crippen LogP) is 4.03. The Hall–Kier alpha value is -3.33. The van der Waals surface area contributed by atoms with Crippen molar-refractivity contribution in [1.29, 1.82) is 0 Å². The number of para-hydroxylation sites is 1. The summed E-state index contributed by atoms with van der Waals surface area (Å²) in [5.41, 5.74) is 2.45. The van der Waals surface area contributed by atoms with Crippen LogP contribution in [0.5, 0.6) is 0 Å². The monoisotopic (exact) mass is 396 g/mol. The zero-order valence-electron chi connectivity index (χ0n) is 15.2. The summed E-state index contributed by atoms with van der Waals surface area (Å²) in [5.74, 6) is 1.17. The van der Waals surface area contributed by atoms with Gasteiger partial charge in [-0.05, 0) is 43.3 Å². The summed E-state index contributed by atoms with van der Waals surface area (Å²) in [6, 6.07) is 13.2. The highest BCUT2D eigenvalue weighted by Crippen LogP contribution is 2.28. The molecule has 4 aromatic rings. The highest BCUT2D eigenvalue weighted by atomic mass is 32.2. The van der Waals surface area contributed by atoms with Gasteiger partial charge in [-0.2, -0.15) is 9.97 Å². The molecule has 0 radical (unpaired) electrons. The number of imidazole rings is 1. The number of rotatable bonds is 5. The van der Waals surface area contributed by atoms with Crippen LogP contribution in [0.25, 0.3) is 11.2 Å². The van der Waals surface area contributed by atoms with Crippen molar-refractivity contribution in [2.45, 2.75) is 11.8 Å². The fourth-order valence-corrected chi connectivity index (χ4v) is 3.47. The second-order valence-electron chi connectivity index (χ2n) is 6.12. The van der Waals surface area contributed by atoms with Crippen molar-refractivity contribution in [3.05, 3.63) is 60.2 Å². The first-order chi connectivity index (χ1) is 13.5. The molecule has 2 aromatic carbocycles. The molecule has 0 bridgehead atoms. The average molecular weight is 396 g/mol. The molecule has 7 nitrogen and oxygen atoms in total. The number of halogens is 1. The first kappa shape index (κ1) is 18.1. The number of H-pyrrole nitrogens is 1. The molecule has 0 spiro atoms. The quantitative estimate of drug-likeness (QED) is 0.471. The van der Waals surface area contributed by atoms with Gasteiger partial charge in [0, 0.05) is 11.9 Å². The van der Waals surface area contributed by atoms with E-state index in [4.69, 9.17) is 0 Å². The van der Waals surface area contributed by atoms with Crippen LogP contribution in [-0.2, 0) is 10.8 Å².